The fraction of sp³-hybridized carbons (Fsp3) is 0.909. The third-order valence-electron chi connectivity index (χ3n) is 2.65. The Kier molecular flexibility index (Phi) is 3.49. The zero-order valence-corrected chi connectivity index (χ0v) is 10.4. The van der Waals surface area contributed by atoms with Crippen LogP contribution in [0.1, 0.15) is 33.6 Å². The van der Waals surface area contributed by atoms with Gasteiger partial charge in [-0.3, -0.25) is 0 Å². The molecule has 1 N–H and O–H groups in total. The molecule has 2 nitrogen and oxygen atoms in total. The van der Waals surface area contributed by atoms with Gasteiger partial charge in [0.25, 0.3) is 0 Å². The van der Waals surface area contributed by atoms with E-state index >= 15 is 0 Å². The Morgan fingerprint density at radius 1 is 1.43 bits per heavy atom. The van der Waals surface area contributed by atoms with E-state index in [1.54, 1.807) is 0 Å². The van der Waals surface area contributed by atoms with E-state index in [1.165, 1.54) is 12.8 Å². The van der Waals surface area contributed by atoms with E-state index in [9.17, 15) is 5.26 Å². The Bertz CT molecular complexity index is 235. The fourth-order valence-corrected chi connectivity index (χ4v) is 2.59. The SMILES string of the molecule is CNC(C#N)(CSC(C)(C)C)C1CC1. The van der Waals surface area contributed by atoms with Gasteiger partial charge in [-0.15, -0.1) is 0 Å². The summed E-state index contributed by atoms with van der Waals surface area (Å²) in [4.78, 5) is 0. The lowest BCUT2D eigenvalue weighted by Gasteiger charge is -2.29. The number of nitriles is 1. The van der Waals surface area contributed by atoms with E-state index in [1.807, 2.05) is 18.8 Å². The first-order chi connectivity index (χ1) is 6.43. The fourth-order valence-electron chi connectivity index (χ4n) is 1.48. The van der Waals surface area contributed by atoms with Gasteiger partial charge in [0.15, 0.2) is 0 Å². The van der Waals surface area contributed by atoms with Crippen LogP contribution in [0.2, 0.25) is 0 Å². The first-order valence-corrected chi connectivity index (χ1v) is 6.16. The normalized spacial score (nSPS) is 21.4. The van der Waals surface area contributed by atoms with Crippen molar-refractivity contribution in [2.45, 2.75) is 43.9 Å². The van der Waals surface area contributed by atoms with Crippen molar-refractivity contribution in [2.24, 2.45) is 5.92 Å². The van der Waals surface area contributed by atoms with Crippen LogP contribution in [0.15, 0.2) is 0 Å². The van der Waals surface area contributed by atoms with E-state index < -0.39 is 0 Å². The highest BCUT2D eigenvalue weighted by atomic mass is 32.2. The van der Waals surface area contributed by atoms with Gasteiger partial charge in [0.2, 0.25) is 0 Å². The van der Waals surface area contributed by atoms with Gasteiger partial charge in [0.1, 0.15) is 5.54 Å². The molecule has 14 heavy (non-hydrogen) atoms. The van der Waals surface area contributed by atoms with Gasteiger partial charge in [-0.2, -0.15) is 17.0 Å². The molecular formula is C11H20N2S. The van der Waals surface area contributed by atoms with Crippen LogP contribution in [-0.4, -0.2) is 23.1 Å². The summed E-state index contributed by atoms with van der Waals surface area (Å²) < 4.78 is 0.244. The number of hydrogen-bond acceptors (Lipinski definition) is 3. The Morgan fingerprint density at radius 3 is 2.29 bits per heavy atom. The molecule has 80 valence electrons. The Balaban J connectivity index is 2.56. The third kappa shape index (κ3) is 2.90. The number of rotatable bonds is 4. The minimum atomic E-state index is -0.280. The molecule has 0 saturated heterocycles. The lowest BCUT2D eigenvalue weighted by molar-refractivity contribution is 0.440. The molecular weight excluding hydrogens is 192 g/mol. The van der Waals surface area contributed by atoms with Crippen molar-refractivity contribution in [1.82, 2.24) is 5.32 Å². The quantitative estimate of drug-likeness (QED) is 0.777. The standard InChI is InChI=1S/C11H20N2S/c1-10(2,3)14-8-11(7-12,13-4)9-5-6-9/h9,13H,5-6,8H2,1-4H3. The van der Waals surface area contributed by atoms with E-state index in [2.05, 4.69) is 32.2 Å². The highest BCUT2D eigenvalue weighted by Gasteiger charge is 2.45. The van der Waals surface area contributed by atoms with Gasteiger partial charge in [0, 0.05) is 10.5 Å². The van der Waals surface area contributed by atoms with Gasteiger partial charge in [-0.1, -0.05) is 20.8 Å². The van der Waals surface area contributed by atoms with Crippen LogP contribution in [0.3, 0.4) is 0 Å². The first-order valence-electron chi connectivity index (χ1n) is 5.18. The summed E-state index contributed by atoms with van der Waals surface area (Å²) in [6, 6.07) is 2.47. The van der Waals surface area contributed by atoms with Crippen molar-refractivity contribution in [2.75, 3.05) is 12.8 Å². The monoisotopic (exact) mass is 212 g/mol. The molecule has 0 radical (unpaired) electrons. The highest BCUT2D eigenvalue weighted by Crippen LogP contribution is 2.42. The van der Waals surface area contributed by atoms with Crippen molar-refractivity contribution >= 4 is 11.8 Å². The molecule has 1 aliphatic carbocycles. The summed E-state index contributed by atoms with van der Waals surface area (Å²) in [6.07, 6.45) is 2.41. The Morgan fingerprint density at radius 2 is 2.00 bits per heavy atom. The second-order valence-corrected chi connectivity index (χ2v) is 6.81. The second-order valence-electron chi connectivity index (χ2n) is 5.01. The topological polar surface area (TPSA) is 35.8 Å². The zero-order valence-electron chi connectivity index (χ0n) is 9.55. The summed E-state index contributed by atoms with van der Waals surface area (Å²) >= 11 is 1.87. The molecule has 0 aromatic heterocycles. The number of thioether (sulfide) groups is 1. The first kappa shape index (κ1) is 11.9. The molecule has 1 aliphatic rings. The molecule has 0 heterocycles. The van der Waals surface area contributed by atoms with Crippen LogP contribution in [-0.2, 0) is 0 Å². The Labute approximate surface area is 91.4 Å². The minimum Gasteiger partial charge on any atom is -0.302 e. The summed E-state index contributed by atoms with van der Waals surface area (Å²) in [5.74, 6) is 1.47. The molecule has 0 bridgehead atoms. The average Bonchev–Trinajstić information content (AvgIpc) is 2.89. The number of nitrogens with zero attached hydrogens (tertiary/aromatic N) is 1. The zero-order chi connectivity index (χ0) is 10.8. The second kappa shape index (κ2) is 4.12. The van der Waals surface area contributed by atoms with Gasteiger partial charge in [0.05, 0.1) is 6.07 Å². The van der Waals surface area contributed by atoms with E-state index in [4.69, 9.17) is 0 Å². The van der Waals surface area contributed by atoms with Crippen molar-refractivity contribution in [3.63, 3.8) is 0 Å². The van der Waals surface area contributed by atoms with Crippen molar-refractivity contribution in [1.29, 1.82) is 5.26 Å². The summed E-state index contributed by atoms with van der Waals surface area (Å²) in [7, 11) is 1.91. The van der Waals surface area contributed by atoms with Crippen molar-refractivity contribution in [3.8, 4) is 6.07 Å². The molecule has 1 saturated carbocycles. The number of hydrogen-bond donors (Lipinski definition) is 1. The van der Waals surface area contributed by atoms with Crippen LogP contribution >= 0.6 is 11.8 Å². The molecule has 0 aliphatic heterocycles. The predicted octanol–water partition coefficient (Wildman–Crippen LogP) is 2.41. The molecule has 0 amide bonds. The van der Waals surface area contributed by atoms with Gasteiger partial charge < -0.3 is 5.32 Å². The maximum absolute atomic E-state index is 9.26. The average molecular weight is 212 g/mol. The molecule has 1 unspecified atom stereocenters. The van der Waals surface area contributed by atoms with Crippen molar-refractivity contribution < 1.29 is 0 Å². The van der Waals surface area contributed by atoms with Crippen LogP contribution in [0.4, 0.5) is 0 Å². The molecule has 0 aromatic carbocycles. The molecule has 0 spiro atoms. The van der Waals surface area contributed by atoms with Gasteiger partial charge in [-0.05, 0) is 25.8 Å². The Hall–Kier alpha value is -0.200. The lowest BCUT2D eigenvalue weighted by atomic mass is 9.98. The van der Waals surface area contributed by atoms with E-state index in [0.717, 1.165) is 5.75 Å². The summed E-state index contributed by atoms with van der Waals surface area (Å²) in [6.45, 7) is 6.59. The predicted molar refractivity (Wildman–Crippen MR) is 62.3 cm³/mol. The molecule has 1 fully saturated rings. The summed E-state index contributed by atoms with van der Waals surface area (Å²) in [5, 5.41) is 12.5. The lowest BCUT2D eigenvalue weighted by Crippen LogP contribution is -2.47. The minimum absolute atomic E-state index is 0.244. The molecule has 1 rings (SSSR count). The third-order valence-corrected chi connectivity index (χ3v) is 4.12. The van der Waals surface area contributed by atoms with Crippen LogP contribution < -0.4 is 5.32 Å². The van der Waals surface area contributed by atoms with Crippen LogP contribution in [0.5, 0.6) is 0 Å². The van der Waals surface area contributed by atoms with Gasteiger partial charge in [-0.25, -0.2) is 0 Å². The summed E-state index contributed by atoms with van der Waals surface area (Å²) in [5.41, 5.74) is -0.280. The smallest absolute Gasteiger partial charge is 0.118 e. The molecule has 3 heteroatoms. The van der Waals surface area contributed by atoms with Crippen LogP contribution in [0.25, 0.3) is 0 Å². The van der Waals surface area contributed by atoms with E-state index in [-0.39, 0.29) is 10.3 Å². The highest BCUT2D eigenvalue weighted by molar-refractivity contribution is 8.00. The van der Waals surface area contributed by atoms with E-state index in [0.29, 0.717) is 5.92 Å². The van der Waals surface area contributed by atoms with Crippen LogP contribution in [0, 0.1) is 17.2 Å². The maximum atomic E-state index is 9.26. The number of nitrogens with one attached hydrogen (secondary N) is 1. The van der Waals surface area contributed by atoms with Gasteiger partial charge >= 0.3 is 0 Å². The largest absolute Gasteiger partial charge is 0.302 e. The maximum Gasteiger partial charge on any atom is 0.118 e. The molecule has 0 aromatic rings. The van der Waals surface area contributed by atoms with Crippen molar-refractivity contribution in [3.05, 3.63) is 0 Å². The molecule has 1 atom stereocenters.